The van der Waals surface area contributed by atoms with E-state index in [0.29, 0.717) is 0 Å². The Balaban J connectivity index is 3.00. The first kappa shape index (κ1) is 8.90. The molecule has 0 spiro atoms. The Morgan fingerprint density at radius 1 is 1.67 bits per heavy atom. The molecule has 0 aromatic carbocycles. The molecule has 0 aliphatic heterocycles. The van der Waals surface area contributed by atoms with Gasteiger partial charge in [-0.1, -0.05) is 0 Å². The van der Waals surface area contributed by atoms with Gasteiger partial charge in [0.25, 0.3) is 5.89 Å². The van der Waals surface area contributed by atoms with Crippen LogP contribution in [0.1, 0.15) is 37.2 Å². The molecule has 0 aliphatic carbocycles. The molecule has 0 aliphatic rings. The third-order valence-electron chi connectivity index (χ3n) is 1.39. The maximum Gasteiger partial charge on any atom is 0.263 e. The summed E-state index contributed by atoms with van der Waals surface area (Å²) in [4.78, 5) is 14.3. The molecule has 3 nitrogen and oxygen atoms in total. The molecule has 0 saturated heterocycles. The fraction of sp³-hybridized carbons (Fsp3) is 0.500. The van der Waals surface area contributed by atoms with E-state index < -0.39 is 5.67 Å². The molecule has 0 bridgehead atoms. The largest absolute Gasteiger partial charge is 0.435 e. The molecule has 0 amide bonds. The highest BCUT2D eigenvalue weighted by Crippen LogP contribution is 2.24. The third-order valence-corrected chi connectivity index (χ3v) is 1.39. The Kier molecular flexibility index (Phi) is 2.00. The van der Waals surface area contributed by atoms with Crippen LogP contribution in [-0.4, -0.2) is 10.8 Å². The Morgan fingerprint density at radius 3 is 2.50 bits per heavy atom. The van der Waals surface area contributed by atoms with Crippen molar-refractivity contribution in [2.24, 2.45) is 0 Å². The number of ketones is 1. The first-order valence-corrected chi connectivity index (χ1v) is 3.57. The van der Waals surface area contributed by atoms with Crippen molar-refractivity contribution in [1.82, 2.24) is 4.98 Å². The molecule has 1 heterocycles. The van der Waals surface area contributed by atoms with Crippen molar-refractivity contribution in [2.75, 3.05) is 0 Å². The highest BCUT2D eigenvalue weighted by atomic mass is 19.1. The molecule has 1 rings (SSSR count). The minimum Gasteiger partial charge on any atom is -0.435 e. The first-order valence-electron chi connectivity index (χ1n) is 3.57. The van der Waals surface area contributed by atoms with Crippen molar-refractivity contribution in [3.8, 4) is 0 Å². The van der Waals surface area contributed by atoms with Gasteiger partial charge in [-0.05, 0) is 13.8 Å². The lowest BCUT2D eigenvalue weighted by molar-refractivity contribution is 0.0969. The van der Waals surface area contributed by atoms with Crippen LogP contribution < -0.4 is 0 Å². The molecule has 0 radical (unpaired) electrons. The highest BCUT2D eigenvalue weighted by Gasteiger charge is 2.24. The molecular weight excluding hydrogens is 161 g/mol. The Hall–Kier alpha value is -1.19. The molecule has 4 heteroatoms. The fourth-order valence-electron chi connectivity index (χ4n) is 0.712. The fourth-order valence-corrected chi connectivity index (χ4v) is 0.712. The minimum atomic E-state index is -1.58. The van der Waals surface area contributed by atoms with Gasteiger partial charge in [-0.2, -0.15) is 0 Å². The summed E-state index contributed by atoms with van der Waals surface area (Å²) in [6, 6.07) is 0. The Bertz CT molecular complexity index is 298. The number of rotatable bonds is 2. The predicted molar refractivity (Wildman–Crippen MR) is 40.6 cm³/mol. The van der Waals surface area contributed by atoms with Gasteiger partial charge in [0.2, 0.25) is 5.78 Å². The van der Waals surface area contributed by atoms with Crippen LogP contribution in [0, 0.1) is 0 Å². The van der Waals surface area contributed by atoms with Gasteiger partial charge in [0.15, 0.2) is 11.4 Å². The second-order valence-electron chi connectivity index (χ2n) is 3.06. The summed E-state index contributed by atoms with van der Waals surface area (Å²) in [5.74, 6) is -0.270. The number of alkyl halides is 1. The van der Waals surface area contributed by atoms with Gasteiger partial charge in [0.1, 0.15) is 0 Å². The summed E-state index contributed by atoms with van der Waals surface area (Å²) in [7, 11) is 0. The number of hydrogen-bond donors (Lipinski definition) is 0. The van der Waals surface area contributed by atoms with Crippen molar-refractivity contribution < 1.29 is 13.6 Å². The summed E-state index contributed by atoms with van der Waals surface area (Å²) in [5.41, 5.74) is -1.58. The van der Waals surface area contributed by atoms with Gasteiger partial charge < -0.3 is 4.42 Å². The zero-order chi connectivity index (χ0) is 9.35. The molecule has 1 aromatic heterocycles. The van der Waals surface area contributed by atoms with Gasteiger partial charge in [0.05, 0.1) is 6.20 Å². The zero-order valence-electron chi connectivity index (χ0n) is 7.22. The van der Waals surface area contributed by atoms with Crippen LogP contribution in [0.5, 0.6) is 0 Å². The van der Waals surface area contributed by atoms with Gasteiger partial charge in [-0.25, -0.2) is 9.37 Å². The summed E-state index contributed by atoms with van der Waals surface area (Å²) in [6.07, 6.45) is 1.23. The molecule has 0 N–H and O–H groups in total. The van der Waals surface area contributed by atoms with Crippen molar-refractivity contribution in [1.29, 1.82) is 0 Å². The smallest absolute Gasteiger partial charge is 0.263 e. The van der Waals surface area contributed by atoms with E-state index >= 15 is 0 Å². The Morgan fingerprint density at radius 2 is 2.25 bits per heavy atom. The second-order valence-corrected chi connectivity index (χ2v) is 3.06. The topological polar surface area (TPSA) is 43.1 Å². The summed E-state index contributed by atoms with van der Waals surface area (Å²) in [5, 5.41) is 0. The van der Waals surface area contributed by atoms with Gasteiger partial charge in [-0.3, -0.25) is 4.79 Å². The first-order chi connectivity index (χ1) is 5.41. The van der Waals surface area contributed by atoms with E-state index in [1.54, 1.807) is 0 Å². The molecule has 12 heavy (non-hydrogen) atoms. The van der Waals surface area contributed by atoms with E-state index in [4.69, 9.17) is 4.42 Å². The molecule has 0 fully saturated rings. The number of halogens is 1. The molecular formula is C8H10FNO2. The van der Waals surface area contributed by atoms with Crippen molar-refractivity contribution in [3.63, 3.8) is 0 Å². The van der Waals surface area contributed by atoms with E-state index in [-0.39, 0.29) is 17.4 Å². The Labute approximate surface area is 69.6 Å². The highest BCUT2D eigenvalue weighted by molar-refractivity contribution is 5.89. The lowest BCUT2D eigenvalue weighted by atomic mass is 10.1. The van der Waals surface area contributed by atoms with Crippen LogP contribution >= 0.6 is 0 Å². The average Bonchev–Trinajstić information content (AvgIpc) is 2.30. The zero-order valence-corrected chi connectivity index (χ0v) is 7.22. The summed E-state index contributed by atoms with van der Waals surface area (Å²) < 4.78 is 18.0. The standard InChI is InChI=1S/C8H10FNO2/c1-5(11)7-10-4-6(12-7)8(2,3)9/h4H,1-3H3. The van der Waals surface area contributed by atoms with Crippen LogP contribution in [-0.2, 0) is 5.67 Å². The lowest BCUT2D eigenvalue weighted by Gasteiger charge is -2.07. The summed E-state index contributed by atoms with van der Waals surface area (Å²) in [6.45, 7) is 4.01. The van der Waals surface area contributed by atoms with Crippen molar-refractivity contribution >= 4 is 5.78 Å². The van der Waals surface area contributed by atoms with Gasteiger partial charge in [-0.15, -0.1) is 0 Å². The van der Waals surface area contributed by atoms with Crippen LogP contribution in [0.15, 0.2) is 10.6 Å². The quantitative estimate of drug-likeness (QED) is 0.640. The number of aromatic nitrogens is 1. The van der Waals surface area contributed by atoms with E-state index in [9.17, 15) is 9.18 Å². The van der Waals surface area contributed by atoms with Gasteiger partial charge in [0, 0.05) is 6.92 Å². The monoisotopic (exact) mass is 171 g/mol. The van der Waals surface area contributed by atoms with Crippen LogP contribution in [0.25, 0.3) is 0 Å². The number of hydrogen-bond acceptors (Lipinski definition) is 3. The normalized spacial score (nSPS) is 11.7. The van der Waals surface area contributed by atoms with Crippen LogP contribution in [0.2, 0.25) is 0 Å². The van der Waals surface area contributed by atoms with E-state index in [0.717, 1.165) is 0 Å². The second kappa shape index (κ2) is 2.69. The SMILES string of the molecule is CC(=O)c1ncc(C(C)(C)F)o1. The van der Waals surface area contributed by atoms with Crippen LogP contribution in [0.3, 0.4) is 0 Å². The number of carbonyl (C=O) groups is 1. The number of carbonyl (C=O) groups excluding carboxylic acids is 1. The molecule has 1 aromatic rings. The van der Waals surface area contributed by atoms with E-state index in [1.165, 1.54) is 27.0 Å². The maximum atomic E-state index is 13.2. The number of oxazole rings is 1. The molecule has 0 atom stereocenters. The summed E-state index contributed by atoms with van der Waals surface area (Å²) >= 11 is 0. The lowest BCUT2D eigenvalue weighted by Crippen LogP contribution is -2.07. The molecule has 66 valence electrons. The molecule has 0 saturated carbocycles. The molecule has 0 unspecified atom stereocenters. The third kappa shape index (κ3) is 1.69. The van der Waals surface area contributed by atoms with Gasteiger partial charge >= 0.3 is 0 Å². The van der Waals surface area contributed by atoms with E-state index in [1.807, 2.05) is 0 Å². The number of Topliss-reactive ketones (excluding diaryl/α,β-unsaturated/α-hetero) is 1. The average molecular weight is 171 g/mol. The number of nitrogens with zero attached hydrogens (tertiary/aromatic N) is 1. The van der Waals surface area contributed by atoms with Crippen molar-refractivity contribution in [2.45, 2.75) is 26.4 Å². The van der Waals surface area contributed by atoms with Crippen molar-refractivity contribution in [3.05, 3.63) is 17.8 Å². The predicted octanol–water partition coefficient (Wildman–Crippen LogP) is 2.08. The van der Waals surface area contributed by atoms with Crippen LogP contribution in [0.4, 0.5) is 4.39 Å². The van der Waals surface area contributed by atoms with E-state index in [2.05, 4.69) is 4.98 Å². The maximum absolute atomic E-state index is 13.2. The minimum absolute atomic E-state index is 0.0456.